The molecule has 0 bridgehead atoms. The Bertz CT molecular complexity index is 1010. The van der Waals surface area contributed by atoms with Crippen molar-refractivity contribution >= 4 is 17.3 Å². The predicted octanol–water partition coefficient (Wildman–Crippen LogP) is 2.51. The van der Waals surface area contributed by atoms with E-state index in [2.05, 4.69) is 26.4 Å². The molecular formula is C22H30N8O. The molecule has 31 heavy (non-hydrogen) atoms. The van der Waals surface area contributed by atoms with Gasteiger partial charge in [-0.3, -0.25) is 4.98 Å². The summed E-state index contributed by atoms with van der Waals surface area (Å²) in [6.45, 7) is 7.70. The topological polar surface area (TPSA) is 93.4 Å². The normalized spacial score (nSPS) is 17.5. The fourth-order valence-electron chi connectivity index (χ4n) is 4.30. The number of nitrogens with zero attached hydrogens (tertiary/aromatic N) is 7. The lowest BCUT2D eigenvalue weighted by atomic mass is 10.1. The van der Waals surface area contributed by atoms with Gasteiger partial charge < -0.3 is 15.0 Å². The van der Waals surface area contributed by atoms with Gasteiger partial charge in [-0.2, -0.15) is 5.10 Å². The quantitative estimate of drug-likeness (QED) is 0.648. The van der Waals surface area contributed by atoms with Gasteiger partial charge >= 0.3 is 0 Å². The number of aromatic nitrogens is 6. The van der Waals surface area contributed by atoms with Crippen molar-refractivity contribution in [2.45, 2.75) is 58.4 Å². The van der Waals surface area contributed by atoms with E-state index in [0.29, 0.717) is 18.9 Å². The first-order valence-corrected chi connectivity index (χ1v) is 11.3. The highest BCUT2D eigenvalue weighted by molar-refractivity contribution is 5.50. The third-order valence-corrected chi connectivity index (χ3v) is 6.09. The fraction of sp³-hybridized carbons (Fsp3) is 0.591. The van der Waals surface area contributed by atoms with Gasteiger partial charge in [-0.15, -0.1) is 0 Å². The molecule has 0 amide bonds. The molecule has 2 saturated heterocycles. The summed E-state index contributed by atoms with van der Waals surface area (Å²) >= 11 is 0. The smallest absolute Gasteiger partial charge is 0.177 e. The van der Waals surface area contributed by atoms with E-state index in [1.54, 1.807) is 0 Å². The number of anilines is 2. The zero-order valence-electron chi connectivity index (χ0n) is 18.3. The molecule has 0 saturated carbocycles. The standard InChI is InChI=1S/C22H30N8O/c1-15-14-23-16(2)22-27-19(28-30(15)22)6-5-18-25-20(24-17-7-11-31-12-8-17)13-21(26-18)29-9-3-4-10-29/h13-14,17H,3-12H2,1-2H3,(H,24,25,26). The van der Waals surface area contributed by atoms with Crippen LogP contribution < -0.4 is 10.2 Å². The first-order valence-electron chi connectivity index (χ1n) is 11.3. The summed E-state index contributed by atoms with van der Waals surface area (Å²) in [5.74, 6) is 3.58. The van der Waals surface area contributed by atoms with Gasteiger partial charge in [0.05, 0.1) is 11.4 Å². The van der Waals surface area contributed by atoms with Crippen LogP contribution in [0.15, 0.2) is 12.3 Å². The van der Waals surface area contributed by atoms with Gasteiger partial charge in [0.2, 0.25) is 0 Å². The van der Waals surface area contributed by atoms with Crippen LogP contribution in [0.4, 0.5) is 11.6 Å². The number of fused-ring (bicyclic) bond motifs is 1. The van der Waals surface area contributed by atoms with Crippen LogP contribution >= 0.6 is 0 Å². The zero-order valence-corrected chi connectivity index (χ0v) is 18.3. The molecule has 9 heteroatoms. The van der Waals surface area contributed by atoms with Crippen LogP contribution in [0, 0.1) is 13.8 Å². The molecule has 9 nitrogen and oxygen atoms in total. The zero-order chi connectivity index (χ0) is 21.2. The Morgan fingerprint density at radius 1 is 1.03 bits per heavy atom. The Hall–Kier alpha value is -2.81. The summed E-state index contributed by atoms with van der Waals surface area (Å²) in [4.78, 5) is 21.2. The SMILES string of the molecule is Cc1ncc(C)n2nc(CCc3nc(NC4CCOCC4)cc(N4CCCC4)n3)nc12. The number of nitrogens with one attached hydrogen (secondary N) is 1. The Morgan fingerprint density at radius 3 is 2.58 bits per heavy atom. The molecule has 2 aliphatic rings. The summed E-state index contributed by atoms with van der Waals surface area (Å²) in [5, 5.41) is 8.29. The second-order valence-electron chi connectivity index (χ2n) is 8.50. The number of aryl methyl sites for hydroxylation is 4. The molecule has 0 atom stereocenters. The molecule has 5 heterocycles. The summed E-state index contributed by atoms with van der Waals surface area (Å²) in [6, 6.07) is 2.51. The minimum absolute atomic E-state index is 0.404. The number of hydrogen-bond acceptors (Lipinski definition) is 8. The predicted molar refractivity (Wildman–Crippen MR) is 119 cm³/mol. The minimum atomic E-state index is 0.404. The highest BCUT2D eigenvalue weighted by Gasteiger charge is 2.19. The van der Waals surface area contributed by atoms with Gasteiger partial charge in [0.15, 0.2) is 11.5 Å². The first-order chi connectivity index (χ1) is 15.2. The lowest BCUT2D eigenvalue weighted by Crippen LogP contribution is -2.29. The average molecular weight is 423 g/mol. The summed E-state index contributed by atoms with van der Waals surface area (Å²) < 4.78 is 7.37. The van der Waals surface area contributed by atoms with Crippen LogP contribution in [0.3, 0.4) is 0 Å². The molecule has 0 aromatic carbocycles. The molecule has 0 radical (unpaired) electrons. The van der Waals surface area contributed by atoms with E-state index in [0.717, 1.165) is 79.5 Å². The number of ether oxygens (including phenoxy) is 1. The third-order valence-electron chi connectivity index (χ3n) is 6.09. The Balaban J connectivity index is 1.37. The summed E-state index contributed by atoms with van der Waals surface area (Å²) in [6.07, 6.45) is 7.69. The molecule has 0 unspecified atom stereocenters. The minimum Gasteiger partial charge on any atom is -0.381 e. The average Bonchev–Trinajstić information content (AvgIpc) is 3.46. The van der Waals surface area contributed by atoms with Crippen molar-refractivity contribution < 1.29 is 4.74 Å². The number of rotatable bonds is 6. The second-order valence-corrected chi connectivity index (χ2v) is 8.50. The molecule has 2 fully saturated rings. The maximum Gasteiger partial charge on any atom is 0.177 e. The second kappa shape index (κ2) is 8.74. The van der Waals surface area contributed by atoms with E-state index in [-0.39, 0.29) is 0 Å². The maximum absolute atomic E-state index is 5.49. The van der Waals surface area contributed by atoms with Crippen LogP contribution in [0.25, 0.3) is 5.65 Å². The Morgan fingerprint density at radius 2 is 1.81 bits per heavy atom. The largest absolute Gasteiger partial charge is 0.381 e. The van der Waals surface area contributed by atoms with E-state index in [1.807, 2.05) is 24.6 Å². The lowest BCUT2D eigenvalue weighted by molar-refractivity contribution is 0.0904. The van der Waals surface area contributed by atoms with Crippen molar-refractivity contribution in [3.63, 3.8) is 0 Å². The molecule has 164 valence electrons. The monoisotopic (exact) mass is 422 g/mol. The van der Waals surface area contributed by atoms with Gasteiger partial charge in [0.1, 0.15) is 17.5 Å². The van der Waals surface area contributed by atoms with Crippen LogP contribution in [-0.4, -0.2) is 61.9 Å². The van der Waals surface area contributed by atoms with Gasteiger partial charge in [0.25, 0.3) is 0 Å². The third kappa shape index (κ3) is 4.46. The van der Waals surface area contributed by atoms with Crippen molar-refractivity contribution in [2.75, 3.05) is 36.5 Å². The maximum atomic E-state index is 5.49. The van der Waals surface area contributed by atoms with E-state index in [4.69, 9.17) is 19.7 Å². The van der Waals surface area contributed by atoms with E-state index in [1.165, 1.54) is 12.8 Å². The molecule has 3 aromatic rings. The first kappa shape index (κ1) is 20.1. The van der Waals surface area contributed by atoms with Crippen molar-refractivity contribution in [1.82, 2.24) is 29.5 Å². The molecular weight excluding hydrogens is 392 g/mol. The fourth-order valence-corrected chi connectivity index (χ4v) is 4.30. The van der Waals surface area contributed by atoms with Gasteiger partial charge in [-0.1, -0.05) is 0 Å². The molecule has 5 rings (SSSR count). The Labute approximate surface area is 182 Å². The highest BCUT2D eigenvalue weighted by Crippen LogP contribution is 2.23. The Kier molecular flexibility index (Phi) is 5.67. The number of hydrogen-bond donors (Lipinski definition) is 1. The van der Waals surface area contributed by atoms with Gasteiger partial charge in [0, 0.05) is 57.4 Å². The van der Waals surface area contributed by atoms with Crippen LogP contribution in [-0.2, 0) is 17.6 Å². The van der Waals surface area contributed by atoms with Gasteiger partial charge in [-0.05, 0) is 39.5 Å². The van der Waals surface area contributed by atoms with E-state index >= 15 is 0 Å². The molecule has 1 N–H and O–H groups in total. The van der Waals surface area contributed by atoms with Crippen LogP contribution in [0.1, 0.15) is 48.7 Å². The van der Waals surface area contributed by atoms with Crippen molar-refractivity contribution in [2.24, 2.45) is 0 Å². The van der Waals surface area contributed by atoms with Crippen molar-refractivity contribution in [3.8, 4) is 0 Å². The van der Waals surface area contributed by atoms with Crippen molar-refractivity contribution in [3.05, 3.63) is 35.3 Å². The molecule has 0 spiro atoms. The lowest BCUT2D eigenvalue weighted by Gasteiger charge is -2.25. The van der Waals surface area contributed by atoms with Crippen LogP contribution in [0.2, 0.25) is 0 Å². The van der Waals surface area contributed by atoms with E-state index < -0.39 is 0 Å². The highest BCUT2D eigenvalue weighted by atomic mass is 16.5. The molecule has 2 aliphatic heterocycles. The molecule has 3 aromatic heterocycles. The van der Waals surface area contributed by atoms with Crippen LogP contribution in [0.5, 0.6) is 0 Å². The van der Waals surface area contributed by atoms with E-state index in [9.17, 15) is 0 Å². The summed E-state index contributed by atoms with van der Waals surface area (Å²) in [7, 11) is 0. The van der Waals surface area contributed by atoms with Crippen molar-refractivity contribution in [1.29, 1.82) is 0 Å². The van der Waals surface area contributed by atoms with Gasteiger partial charge in [-0.25, -0.2) is 19.5 Å². The molecule has 0 aliphatic carbocycles. The summed E-state index contributed by atoms with van der Waals surface area (Å²) in [5.41, 5.74) is 2.69.